The molecule has 8 aromatic rings. The average molecular weight is 818 g/mol. The van der Waals surface area contributed by atoms with Gasteiger partial charge in [-0.25, -0.2) is 0 Å². The normalized spacial score (nSPS) is 14.8. The van der Waals surface area contributed by atoms with Gasteiger partial charge in [0.2, 0.25) is 0 Å². The number of hydrogen-bond donors (Lipinski definition) is 1. The Hall–Kier alpha value is -7.74. The molecule has 4 aliphatic carbocycles. The summed E-state index contributed by atoms with van der Waals surface area (Å²) in [7, 11) is 0. The molecular weight excluding hydrogens is 771 g/mol. The molecule has 304 valence electrons. The van der Waals surface area contributed by atoms with Crippen molar-refractivity contribution in [1.29, 1.82) is 0 Å². The van der Waals surface area contributed by atoms with Crippen LogP contribution < -0.4 is 5.73 Å². The Kier molecular flexibility index (Phi) is 9.05. The number of fused-ring (bicyclic) bond motifs is 8. The lowest BCUT2D eigenvalue weighted by atomic mass is 9.88. The van der Waals surface area contributed by atoms with Gasteiger partial charge in [0.15, 0.2) is 0 Å². The summed E-state index contributed by atoms with van der Waals surface area (Å²) >= 11 is 0. The van der Waals surface area contributed by atoms with Gasteiger partial charge >= 0.3 is 0 Å². The third-order valence-corrected chi connectivity index (χ3v) is 14.0. The minimum Gasteiger partial charge on any atom is -0.398 e. The molecule has 0 heterocycles. The highest BCUT2D eigenvalue weighted by Crippen LogP contribution is 2.50. The summed E-state index contributed by atoms with van der Waals surface area (Å²) in [6.07, 6.45) is 22.6. The monoisotopic (exact) mass is 817 g/mol. The van der Waals surface area contributed by atoms with Crippen LogP contribution in [0.2, 0.25) is 0 Å². The van der Waals surface area contributed by atoms with E-state index in [2.05, 4.69) is 189 Å². The second-order valence-electron chi connectivity index (χ2n) is 17.6. The van der Waals surface area contributed by atoms with Crippen LogP contribution in [0.3, 0.4) is 0 Å². The highest BCUT2D eigenvalue weighted by atomic mass is 14.6. The van der Waals surface area contributed by atoms with Crippen molar-refractivity contribution in [3.63, 3.8) is 0 Å². The van der Waals surface area contributed by atoms with Crippen molar-refractivity contribution in [2.45, 2.75) is 33.1 Å². The van der Waals surface area contributed by atoms with Crippen LogP contribution in [0, 0.1) is 0 Å². The maximum absolute atomic E-state index is 6.90. The van der Waals surface area contributed by atoms with E-state index in [-0.39, 0.29) is 0 Å². The van der Waals surface area contributed by atoms with Gasteiger partial charge in [0.05, 0.1) is 0 Å². The molecule has 0 saturated heterocycles. The molecule has 0 aromatic heterocycles. The topological polar surface area (TPSA) is 26.0 Å². The van der Waals surface area contributed by atoms with E-state index in [0.29, 0.717) is 0 Å². The molecule has 0 unspecified atom stereocenters. The summed E-state index contributed by atoms with van der Waals surface area (Å²) in [5.74, 6) is 0. The number of hydrogen-bond acceptors (Lipinski definition) is 1. The van der Waals surface area contributed by atoms with Crippen molar-refractivity contribution in [3.05, 3.63) is 245 Å². The number of benzene rings is 8. The first kappa shape index (κ1) is 38.0. The van der Waals surface area contributed by atoms with E-state index in [1.165, 1.54) is 122 Å². The first-order valence-electron chi connectivity index (χ1n) is 22.6. The van der Waals surface area contributed by atoms with Gasteiger partial charge in [0, 0.05) is 5.70 Å². The van der Waals surface area contributed by atoms with Crippen molar-refractivity contribution < 1.29 is 0 Å². The molecule has 0 radical (unpaired) electrons. The molecule has 4 aliphatic rings. The van der Waals surface area contributed by atoms with Crippen molar-refractivity contribution in [1.82, 2.24) is 0 Å². The van der Waals surface area contributed by atoms with Crippen LogP contribution in [0.25, 0.3) is 94.0 Å². The first-order valence-corrected chi connectivity index (χ1v) is 22.6. The lowest BCUT2D eigenvalue weighted by molar-refractivity contribution is 1.26. The van der Waals surface area contributed by atoms with Crippen LogP contribution in [0.5, 0.6) is 0 Å². The van der Waals surface area contributed by atoms with E-state index < -0.39 is 0 Å². The molecule has 0 spiro atoms. The standard InChI is InChI=1S/C63H47N/c1-3-4-27-61(64)45-36-43(35-44(37-45)47-21-12-23-50-46-16-9-8-15-41(46)38-60(47)50)39(2)34-42(48-32-33-59-53-18-7-5-6-17-51(53)57-26-14-24-55(48)63(57)59)29-28-40-30-31-58-54-20-11-10-19-52(54)56-25-13-22-49(40)62(56)58/h3-17,19-27,29-37H,18,28,38,64H2,1-2H3/b4-3-,39-34+,42-29+,61-27-. The third kappa shape index (κ3) is 6.07. The van der Waals surface area contributed by atoms with Gasteiger partial charge < -0.3 is 5.73 Å². The highest BCUT2D eigenvalue weighted by molar-refractivity contribution is 6.19. The van der Waals surface area contributed by atoms with E-state index in [9.17, 15) is 0 Å². The van der Waals surface area contributed by atoms with Crippen LogP contribution in [-0.4, -0.2) is 0 Å². The number of nitrogens with two attached hydrogens (primary N) is 1. The average Bonchev–Trinajstić information content (AvgIpc) is 3.91. The first-order chi connectivity index (χ1) is 31.5. The summed E-state index contributed by atoms with van der Waals surface area (Å²) in [4.78, 5) is 0. The Bertz CT molecular complexity index is 3510. The zero-order valence-corrected chi connectivity index (χ0v) is 36.3. The molecule has 64 heavy (non-hydrogen) atoms. The molecule has 1 nitrogen and oxygen atoms in total. The van der Waals surface area contributed by atoms with Crippen molar-refractivity contribution in [2.75, 3.05) is 0 Å². The molecule has 0 aliphatic heterocycles. The maximum atomic E-state index is 6.90. The van der Waals surface area contributed by atoms with Crippen molar-refractivity contribution in [3.8, 4) is 44.5 Å². The summed E-state index contributed by atoms with van der Waals surface area (Å²) in [6.45, 7) is 4.30. The zero-order valence-electron chi connectivity index (χ0n) is 36.3. The van der Waals surface area contributed by atoms with Gasteiger partial charge in [-0.2, -0.15) is 0 Å². The predicted molar refractivity (Wildman–Crippen MR) is 274 cm³/mol. The Morgan fingerprint density at radius 1 is 0.609 bits per heavy atom. The minimum absolute atomic E-state index is 0.749. The van der Waals surface area contributed by atoms with E-state index >= 15 is 0 Å². The number of allylic oxidation sites excluding steroid dienone is 13. The minimum atomic E-state index is 0.749. The van der Waals surface area contributed by atoms with E-state index in [1.807, 2.05) is 25.2 Å². The van der Waals surface area contributed by atoms with Crippen LogP contribution >= 0.6 is 0 Å². The van der Waals surface area contributed by atoms with Crippen LogP contribution in [0.1, 0.15) is 64.8 Å². The lowest BCUT2D eigenvalue weighted by Gasteiger charge is -2.16. The smallest absolute Gasteiger partial charge is 0.0387 e. The van der Waals surface area contributed by atoms with Crippen LogP contribution in [-0.2, 0) is 12.8 Å². The van der Waals surface area contributed by atoms with Gasteiger partial charge in [0.1, 0.15) is 0 Å². The lowest BCUT2D eigenvalue weighted by Crippen LogP contribution is -1.99. The molecular formula is C63H47N. The van der Waals surface area contributed by atoms with Crippen LogP contribution in [0.15, 0.2) is 200 Å². The van der Waals surface area contributed by atoms with Crippen molar-refractivity contribution >= 4 is 49.5 Å². The fourth-order valence-electron chi connectivity index (χ4n) is 11.0. The fraction of sp³-hybridized carbons (Fsp3) is 0.0794. The highest BCUT2D eigenvalue weighted by Gasteiger charge is 2.26. The molecule has 0 saturated carbocycles. The quantitative estimate of drug-likeness (QED) is 0.152. The molecule has 8 aromatic carbocycles. The Labute approximate surface area is 376 Å². The molecule has 0 amide bonds. The molecule has 0 bridgehead atoms. The van der Waals surface area contributed by atoms with E-state index in [0.717, 1.165) is 36.1 Å². The Morgan fingerprint density at radius 2 is 1.30 bits per heavy atom. The van der Waals surface area contributed by atoms with Crippen LogP contribution in [0.4, 0.5) is 0 Å². The summed E-state index contributed by atoms with van der Waals surface area (Å²) in [5, 5.41) is 5.34. The Morgan fingerprint density at radius 3 is 2.16 bits per heavy atom. The SMILES string of the molecule is C/C=C\C=C(/N)c1cc(/C(C)=C/C(=C\Cc2ccc3c4c(cccc24)-c2ccccc2-3)c2ccc3c4c(cccc24)C2=C3CC=CC=C2)cc(-c2cccc3c2Cc2ccccc2-3)c1. The predicted octanol–water partition coefficient (Wildman–Crippen LogP) is 16.2. The summed E-state index contributed by atoms with van der Waals surface area (Å²) in [5.41, 5.74) is 33.4. The largest absolute Gasteiger partial charge is 0.398 e. The zero-order chi connectivity index (χ0) is 42.9. The van der Waals surface area contributed by atoms with Gasteiger partial charge in [-0.1, -0.05) is 176 Å². The summed E-state index contributed by atoms with van der Waals surface area (Å²) in [6, 6.07) is 54.5. The molecule has 1 heteroatoms. The molecule has 0 fully saturated rings. The molecule has 0 atom stereocenters. The Balaban J connectivity index is 1.03. The second kappa shape index (κ2) is 15.3. The third-order valence-electron chi connectivity index (χ3n) is 14.0. The fourth-order valence-corrected chi connectivity index (χ4v) is 11.0. The molecule has 2 N–H and O–H groups in total. The van der Waals surface area contributed by atoms with Gasteiger partial charge in [-0.15, -0.1) is 0 Å². The second-order valence-corrected chi connectivity index (χ2v) is 17.6. The van der Waals surface area contributed by atoms with Crippen molar-refractivity contribution in [2.24, 2.45) is 5.73 Å². The molecule has 12 rings (SSSR count). The van der Waals surface area contributed by atoms with E-state index in [1.54, 1.807) is 0 Å². The summed E-state index contributed by atoms with van der Waals surface area (Å²) < 4.78 is 0. The van der Waals surface area contributed by atoms with Gasteiger partial charge in [0.25, 0.3) is 0 Å². The van der Waals surface area contributed by atoms with E-state index in [4.69, 9.17) is 5.73 Å². The van der Waals surface area contributed by atoms with Gasteiger partial charge in [-0.05, 0) is 190 Å². The maximum Gasteiger partial charge on any atom is 0.0387 e. The number of rotatable bonds is 8. The van der Waals surface area contributed by atoms with Gasteiger partial charge in [-0.3, -0.25) is 0 Å².